The molecule has 8 heteroatoms. The molecule has 0 unspecified atom stereocenters. The van der Waals surface area contributed by atoms with Gasteiger partial charge >= 0.3 is 0 Å². The molecule has 1 heterocycles. The Morgan fingerprint density at radius 3 is 2.62 bits per heavy atom. The van der Waals surface area contributed by atoms with Gasteiger partial charge in [-0.05, 0) is 49.9 Å². The second-order valence-corrected chi connectivity index (χ2v) is 7.10. The van der Waals surface area contributed by atoms with Gasteiger partial charge < -0.3 is 15.5 Å². The molecule has 0 aliphatic carbocycles. The number of nitrogens with zero attached hydrogens (tertiary/aromatic N) is 3. The van der Waals surface area contributed by atoms with Gasteiger partial charge in [0, 0.05) is 17.8 Å². The molecule has 2 aromatic rings. The number of anilines is 1. The van der Waals surface area contributed by atoms with Gasteiger partial charge in [-0.2, -0.15) is 5.10 Å². The van der Waals surface area contributed by atoms with Gasteiger partial charge in [0.15, 0.2) is 10.9 Å². The van der Waals surface area contributed by atoms with Crippen LogP contribution < -0.4 is 10.6 Å². The number of hydrogen-bond donors (Lipinski definition) is 2. The molecule has 0 aliphatic rings. The Kier molecular flexibility index (Phi) is 8.65. The molecule has 0 saturated heterocycles. The average molecular weight is 414 g/mol. The molecule has 0 fully saturated rings. The van der Waals surface area contributed by atoms with Crippen molar-refractivity contribution in [1.29, 1.82) is 0 Å². The highest BCUT2D eigenvalue weighted by Gasteiger charge is 2.10. The fourth-order valence-electron chi connectivity index (χ4n) is 2.56. The number of aromatic nitrogens is 2. The second kappa shape index (κ2) is 10.7. The van der Waals surface area contributed by atoms with E-state index in [4.69, 9.17) is 35.4 Å². The summed E-state index contributed by atoms with van der Waals surface area (Å²) in [5.41, 5.74) is 0.983. The molecule has 0 aliphatic heterocycles. The molecule has 142 valence electrons. The van der Waals surface area contributed by atoms with Crippen molar-refractivity contribution in [2.24, 2.45) is 0 Å². The molecule has 0 saturated carbocycles. The van der Waals surface area contributed by atoms with Gasteiger partial charge in [-0.1, -0.05) is 55.2 Å². The van der Waals surface area contributed by atoms with Crippen LogP contribution in [0.4, 0.5) is 5.82 Å². The van der Waals surface area contributed by atoms with E-state index in [2.05, 4.69) is 34.5 Å². The summed E-state index contributed by atoms with van der Waals surface area (Å²) in [6.45, 7) is 8.88. The van der Waals surface area contributed by atoms with Crippen LogP contribution in [0.3, 0.4) is 0 Å². The molecular weight excluding hydrogens is 389 g/mol. The zero-order valence-corrected chi connectivity index (χ0v) is 17.5. The number of benzene rings is 1. The summed E-state index contributed by atoms with van der Waals surface area (Å²) >= 11 is 17.8. The molecule has 1 aromatic carbocycles. The molecule has 0 radical (unpaired) electrons. The highest BCUT2D eigenvalue weighted by Crippen LogP contribution is 2.21. The lowest BCUT2D eigenvalue weighted by atomic mass is 10.2. The molecule has 5 nitrogen and oxygen atoms in total. The zero-order chi connectivity index (χ0) is 18.9. The summed E-state index contributed by atoms with van der Waals surface area (Å²) in [6, 6.07) is 7.67. The fraction of sp³-hybridized carbons (Fsp3) is 0.444. The van der Waals surface area contributed by atoms with E-state index in [1.54, 1.807) is 10.9 Å². The molecule has 1 aromatic heterocycles. The van der Waals surface area contributed by atoms with Crippen LogP contribution in [0.25, 0.3) is 0 Å². The van der Waals surface area contributed by atoms with E-state index in [9.17, 15) is 0 Å². The smallest absolute Gasteiger partial charge is 0.173 e. The molecule has 2 N–H and O–H groups in total. The van der Waals surface area contributed by atoms with Crippen LogP contribution in [0, 0.1) is 0 Å². The Hall–Kier alpha value is -1.34. The Morgan fingerprint density at radius 1 is 1.19 bits per heavy atom. The molecule has 0 spiro atoms. The van der Waals surface area contributed by atoms with Gasteiger partial charge in [-0.25, -0.2) is 0 Å². The molecule has 0 amide bonds. The summed E-state index contributed by atoms with van der Waals surface area (Å²) in [4.78, 5) is 2.38. The van der Waals surface area contributed by atoms with E-state index in [0.29, 0.717) is 27.5 Å². The molecule has 0 bridgehead atoms. The third-order valence-corrected chi connectivity index (χ3v) is 4.96. The van der Waals surface area contributed by atoms with Crippen molar-refractivity contribution in [3.05, 3.63) is 46.1 Å². The normalized spacial score (nSPS) is 11.0. The summed E-state index contributed by atoms with van der Waals surface area (Å²) in [6.07, 6.45) is 2.79. The van der Waals surface area contributed by atoms with Crippen LogP contribution in [0.15, 0.2) is 30.5 Å². The third kappa shape index (κ3) is 6.43. The number of halogens is 2. The summed E-state index contributed by atoms with van der Waals surface area (Å²) in [7, 11) is 0. The lowest BCUT2D eigenvalue weighted by Crippen LogP contribution is -2.32. The number of thiocarbonyl (C=S) groups is 1. The maximum atomic E-state index is 6.26. The van der Waals surface area contributed by atoms with Crippen molar-refractivity contribution in [3.8, 4) is 0 Å². The predicted molar refractivity (Wildman–Crippen MR) is 114 cm³/mol. The first-order chi connectivity index (χ1) is 12.5. The Balaban J connectivity index is 1.83. The van der Waals surface area contributed by atoms with Crippen LogP contribution in [0.1, 0.15) is 25.8 Å². The first-order valence-electron chi connectivity index (χ1n) is 8.77. The number of hydrogen-bond acceptors (Lipinski definition) is 3. The maximum Gasteiger partial charge on any atom is 0.173 e. The summed E-state index contributed by atoms with van der Waals surface area (Å²) in [5, 5.41) is 12.4. The Bertz CT molecular complexity index is 715. The van der Waals surface area contributed by atoms with E-state index in [1.807, 2.05) is 24.3 Å². The van der Waals surface area contributed by atoms with Gasteiger partial charge in [0.1, 0.15) is 5.02 Å². The van der Waals surface area contributed by atoms with Crippen molar-refractivity contribution in [1.82, 2.24) is 20.0 Å². The maximum absolute atomic E-state index is 6.26. The highest BCUT2D eigenvalue weighted by atomic mass is 35.5. The van der Waals surface area contributed by atoms with Crippen LogP contribution in [-0.4, -0.2) is 46.0 Å². The van der Waals surface area contributed by atoms with E-state index in [1.165, 1.54) is 0 Å². The minimum absolute atomic E-state index is 0.518. The van der Waals surface area contributed by atoms with E-state index in [0.717, 1.165) is 38.2 Å². The minimum Gasteiger partial charge on any atom is -0.362 e. The van der Waals surface area contributed by atoms with Gasteiger partial charge in [-0.3, -0.25) is 4.68 Å². The van der Waals surface area contributed by atoms with Crippen molar-refractivity contribution in [3.63, 3.8) is 0 Å². The largest absolute Gasteiger partial charge is 0.362 e. The highest BCUT2D eigenvalue weighted by molar-refractivity contribution is 7.80. The van der Waals surface area contributed by atoms with E-state index in [-0.39, 0.29) is 0 Å². The van der Waals surface area contributed by atoms with Crippen molar-refractivity contribution in [2.45, 2.75) is 26.8 Å². The van der Waals surface area contributed by atoms with Crippen LogP contribution in [0.5, 0.6) is 0 Å². The van der Waals surface area contributed by atoms with Gasteiger partial charge in [0.2, 0.25) is 0 Å². The molecular formula is C18H25Cl2N5S. The fourth-order valence-corrected chi connectivity index (χ4v) is 3.15. The van der Waals surface area contributed by atoms with Gasteiger partial charge in [0.25, 0.3) is 0 Å². The SMILES string of the molecule is CCN(CC)CCCNC(=S)Nc1nn(Cc2ccccc2Cl)cc1Cl. The minimum atomic E-state index is 0.518. The second-order valence-electron chi connectivity index (χ2n) is 5.88. The summed E-state index contributed by atoms with van der Waals surface area (Å²) < 4.78 is 1.74. The van der Waals surface area contributed by atoms with Gasteiger partial charge in [-0.15, -0.1) is 0 Å². The predicted octanol–water partition coefficient (Wildman–Crippen LogP) is 4.26. The quantitative estimate of drug-likeness (QED) is 0.474. The van der Waals surface area contributed by atoms with E-state index >= 15 is 0 Å². The first kappa shape index (κ1) is 21.0. The average Bonchev–Trinajstić information content (AvgIpc) is 2.96. The van der Waals surface area contributed by atoms with E-state index < -0.39 is 0 Å². The molecule has 2 rings (SSSR count). The first-order valence-corrected chi connectivity index (χ1v) is 9.93. The summed E-state index contributed by atoms with van der Waals surface area (Å²) in [5.74, 6) is 0.542. The topological polar surface area (TPSA) is 45.1 Å². The molecule has 26 heavy (non-hydrogen) atoms. The zero-order valence-electron chi connectivity index (χ0n) is 15.1. The third-order valence-electron chi connectivity index (χ3n) is 4.07. The van der Waals surface area contributed by atoms with Crippen molar-refractivity contribution < 1.29 is 0 Å². The van der Waals surface area contributed by atoms with Crippen molar-refractivity contribution >= 4 is 46.4 Å². The number of nitrogens with one attached hydrogen (secondary N) is 2. The Morgan fingerprint density at radius 2 is 1.92 bits per heavy atom. The molecule has 0 atom stereocenters. The monoisotopic (exact) mass is 413 g/mol. The van der Waals surface area contributed by atoms with Crippen LogP contribution >= 0.6 is 35.4 Å². The van der Waals surface area contributed by atoms with Crippen LogP contribution in [-0.2, 0) is 6.54 Å². The lowest BCUT2D eigenvalue weighted by Gasteiger charge is -2.18. The number of rotatable bonds is 9. The standard InChI is InChI=1S/C18H25Cl2N5S/c1-3-24(4-2)11-7-10-21-18(26)22-17-16(20)13-25(23-17)12-14-8-5-6-9-15(14)19/h5-6,8-9,13H,3-4,7,10-12H2,1-2H3,(H2,21,22,23,26). The van der Waals surface area contributed by atoms with Crippen LogP contribution in [0.2, 0.25) is 10.0 Å². The van der Waals surface area contributed by atoms with Crippen molar-refractivity contribution in [2.75, 3.05) is 31.5 Å². The Labute approximate surface area is 170 Å². The van der Waals surface area contributed by atoms with Gasteiger partial charge in [0.05, 0.1) is 6.54 Å². The lowest BCUT2D eigenvalue weighted by molar-refractivity contribution is 0.300.